The zero-order chi connectivity index (χ0) is 12.5. The van der Waals surface area contributed by atoms with Gasteiger partial charge in [0.15, 0.2) is 0 Å². The highest BCUT2D eigenvalue weighted by Crippen LogP contribution is 2.35. The van der Waals surface area contributed by atoms with Crippen LogP contribution >= 0.6 is 0 Å². The topological polar surface area (TPSA) is 63.4 Å². The van der Waals surface area contributed by atoms with Gasteiger partial charge in [0, 0.05) is 18.6 Å². The minimum atomic E-state index is -3.13. The van der Waals surface area contributed by atoms with Gasteiger partial charge in [-0.2, -0.15) is 4.31 Å². The predicted octanol–water partition coefficient (Wildman–Crippen LogP) is 1.46. The Morgan fingerprint density at radius 1 is 1.24 bits per heavy atom. The van der Waals surface area contributed by atoms with Crippen molar-refractivity contribution in [3.8, 4) is 0 Å². The summed E-state index contributed by atoms with van der Waals surface area (Å²) < 4.78 is 27.0. The smallest absolute Gasteiger partial charge is 0.217 e. The minimum absolute atomic E-state index is 0.153. The normalized spacial score (nSPS) is 33.1. The Kier molecular flexibility index (Phi) is 3.80. The third kappa shape index (κ3) is 2.37. The zero-order valence-corrected chi connectivity index (χ0v) is 11.5. The Morgan fingerprint density at radius 3 is 2.47 bits per heavy atom. The summed E-state index contributed by atoms with van der Waals surface area (Å²) in [6.45, 7) is 3.08. The van der Waals surface area contributed by atoms with Gasteiger partial charge in [0.25, 0.3) is 0 Å². The van der Waals surface area contributed by atoms with Gasteiger partial charge in [0.05, 0.1) is 5.25 Å². The van der Waals surface area contributed by atoms with Gasteiger partial charge in [-0.05, 0) is 32.6 Å². The Hall–Kier alpha value is -0.130. The predicted molar refractivity (Wildman–Crippen MR) is 69.2 cm³/mol. The van der Waals surface area contributed by atoms with Crippen LogP contribution in [0.25, 0.3) is 0 Å². The van der Waals surface area contributed by atoms with E-state index in [4.69, 9.17) is 5.73 Å². The average molecular weight is 260 g/mol. The van der Waals surface area contributed by atoms with E-state index in [1.54, 1.807) is 4.31 Å². The first-order chi connectivity index (χ1) is 8.00. The van der Waals surface area contributed by atoms with E-state index in [-0.39, 0.29) is 10.8 Å². The molecular weight excluding hydrogens is 236 g/mol. The molecule has 0 spiro atoms. The number of rotatable bonds is 3. The van der Waals surface area contributed by atoms with Crippen LogP contribution in [0.2, 0.25) is 0 Å². The van der Waals surface area contributed by atoms with Crippen molar-refractivity contribution in [2.75, 3.05) is 13.1 Å². The molecule has 2 N–H and O–H groups in total. The van der Waals surface area contributed by atoms with Gasteiger partial charge in [0.2, 0.25) is 10.0 Å². The largest absolute Gasteiger partial charge is 0.329 e. The highest BCUT2D eigenvalue weighted by molar-refractivity contribution is 7.89. The van der Waals surface area contributed by atoms with Crippen LogP contribution in [0.15, 0.2) is 0 Å². The molecule has 0 aromatic heterocycles. The van der Waals surface area contributed by atoms with Crippen molar-refractivity contribution in [3.05, 3.63) is 0 Å². The third-order valence-corrected chi connectivity index (χ3v) is 6.95. The maximum Gasteiger partial charge on any atom is 0.217 e. The second-order valence-corrected chi connectivity index (χ2v) is 7.82. The second kappa shape index (κ2) is 4.86. The fraction of sp³-hybridized carbons (Fsp3) is 1.00. The zero-order valence-electron chi connectivity index (χ0n) is 10.7. The Morgan fingerprint density at radius 2 is 1.88 bits per heavy atom. The van der Waals surface area contributed by atoms with Crippen LogP contribution < -0.4 is 5.73 Å². The number of hydrogen-bond donors (Lipinski definition) is 1. The fourth-order valence-corrected chi connectivity index (χ4v) is 5.63. The monoisotopic (exact) mass is 260 g/mol. The summed E-state index contributed by atoms with van der Waals surface area (Å²) in [5, 5.41) is -0.153. The lowest BCUT2D eigenvalue weighted by atomic mass is 10.0. The van der Waals surface area contributed by atoms with Crippen LogP contribution in [0.5, 0.6) is 0 Å². The van der Waals surface area contributed by atoms with E-state index in [1.807, 2.05) is 6.92 Å². The summed E-state index contributed by atoms with van der Waals surface area (Å²) in [5.74, 6) is 0. The lowest BCUT2D eigenvalue weighted by Gasteiger charge is -2.36. The lowest BCUT2D eigenvalue weighted by molar-refractivity contribution is 0.267. The van der Waals surface area contributed by atoms with Gasteiger partial charge in [-0.25, -0.2) is 8.42 Å². The van der Waals surface area contributed by atoms with Crippen molar-refractivity contribution in [1.29, 1.82) is 0 Å². The molecule has 17 heavy (non-hydrogen) atoms. The molecule has 2 aliphatic rings. The fourth-order valence-electron chi connectivity index (χ4n) is 3.18. The molecule has 5 heteroatoms. The average Bonchev–Trinajstić information content (AvgIpc) is 2.74. The Balaban J connectivity index is 2.19. The number of nitrogens with zero attached hydrogens (tertiary/aromatic N) is 1. The third-order valence-electron chi connectivity index (χ3n) is 4.40. The van der Waals surface area contributed by atoms with E-state index in [9.17, 15) is 8.42 Å². The molecule has 2 fully saturated rings. The first kappa shape index (κ1) is 13.3. The summed E-state index contributed by atoms with van der Waals surface area (Å²) in [5.41, 5.74) is 5.44. The second-order valence-electron chi connectivity index (χ2n) is 5.68. The van der Waals surface area contributed by atoms with Crippen molar-refractivity contribution in [3.63, 3.8) is 0 Å². The minimum Gasteiger partial charge on any atom is -0.329 e. The van der Waals surface area contributed by atoms with Gasteiger partial charge in [-0.1, -0.05) is 19.3 Å². The Bertz CT molecular complexity index is 363. The standard InChI is InChI=1S/C12H24N2O2S/c1-12(10-13)8-5-9-14(12)17(15,16)11-6-3-2-4-7-11/h11H,2-10,13H2,1H3. The van der Waals surface area contributed by atoms with Gasteiger partial charge in [0.1, 0.15) is 0 Å². The molecule has 1 atom stereocenters. The summed E-state index contributed by atoms with van der Waals surface area (Å²) in [7, 11) is -3.13. The first-order valence-corrected chi connectivity index (χ1v) is 8.23. The van der Waals surface area contributed by atoms with Crippen LogP contribution in [0.3, 0.4) is 0 Å². The number of nitrogens with two attached hydrogens (primary N) is 1. The molecule has 0 aromatic carbocycles. The molecule has 100 valence electrons. The van der Waals surface area contributed by atoms with Crippen LogP contribution in [-0.2, 0) is 10.0 Å². The van der Waals surface area contributed by atoms with Gasteiger partial charge in [-0.15, -0.1) is 0 Å². The molecule has 0 bridgehead atoms. The van der Waals surface area contributed by atoms with Crippen molar-refractivity contribution in [2.24, 2.45) is 5.73 Å². The number of sulfonamides is 1. The highest BCUT2D eigenvalue weighted by Gasteiger charge is 2.45. The quantitative estimate of drug-likeness (QED) is 0.835. The van der Waals surface area contributed by atoms with E-state index >= 15 is 0 Å². The number of hydrogen-bond acceptors (Lipinski definition) is 3. The van der Waals surface area contributed by atoms with E-state index in [0.717, 1.165) is 38.5 Å². The molecule has 0 amide bonds. The van der Waals surface area contributed by atoms with Gasteiger partial charge < -0.3 is 5.73 Å². The lowest BCUT2D eigenvalue weighted by Crippen LogP contribution is -2.52. The Labute approximate surface area is 105 Å². The van der Waals surface area contributed by atoms with Gasteiger partial charge in [-0.3, -0.25) is 0 Å². The highest BCUT2D eigenvalue weighted by atomic mass is 32.2. The molecule has 1 saturated heterocycles. The molecule has 1 unspecified atom stereocenters. The van der Waals surface area contributed by atoms with E-state index < -0.39 is 10.0 Å². The summed E-state index contributed by atoms with van der Waals surface area (Å²) in [6, 6.07) is 0. The molecule has 2 rings (SSSR count). The van der Waals surface area contributed by atoms with Crippen molar-refractivity contribution in [2.45, 2.75) is 62.7 Å². The summed E-state index contributed by atoms with van der Waals surface area (Å²) >= 11 is 0. The van der Waals surface area contributed by atoms with Crippen LogP contribution in [-0.4, -0.2) is 36.6 Å². The maximum absolute atomic E-state index is 12.6. The summed E-state index contributed by atoms with van der Waals surface area (Å²) in [6.07, 6.45) is 6.79. The van der Waals surface area contributed by atoms with Gasteiger partial charge >= 0.3 is 0 Å². The summed E-state index contributed by atoms with van der Waals surface area (Å²) in [4.78, 5) is 0. The molecule has 1 aliphatic carbocycles. The molecular formula is C12H24N2O2S. The van der Waals surface area contributed by atoms with E-state index in [0.29, 0.717) is 13.1 Å². The SMILES string of the molecule is CC1(CN)CCCN1S(=O)(=O)C1CCCCC1. The molecule has 1 aliphatic heterocycles. The van der Waals surface area contributed by atoms with E-state index in [1.165, 1.54) is 6.42 Å². The molecule has 0 aromatic rings. The molecule has 1 heterocycles. The van der Waals surface area contributed by atoms with E-state index in [2.05, 4.69) is 0 Å². The molecule has 0 radical (unpaired) electrons. The van der Waals surface area contributed by atoms with Crippen molar-refractivity contribution >= 4 is 10.0 Å². The van der Waals surface area contributed by atoms with Crippen LogP contribution in [0.1, 0.15) is 51.9 Å². The maximum atomic E-state index is 12.6. The van der Waals surface area contributed by atoms with Crippen LogP contribution in [0.4, 0.5) is 0 Å². The molecule has 1 saturated carbocycles. The van der Waals surface area contributed by atoms with Crippen molar-refractivity contribution in [1.82, 2.24) is 4.31 Å². The van der Waals surface area contributed by atoms with Crippen LogP contribution in [0, 0.1) is 0 Å². The first-order valence-electron chi connectivity index (χ1n) is 6.72. The molecule has 4 nitrogen and oxygen atoms in total. The van der Waals surface area contributed by atoms with Crippen molar-refractivity contribution < 1.29 is 8.42 Å².